The van der Waals surface area contributed by atoms with Crippen molar-refractivity contribution in [3.63, 3.8) is 0 Å². The van der Waals surface area contributed by atoms with Gasteiger partial charge in [-0.1, -0.05) is 12.2 Å². The summed E-state index contributed by atoms with van der Waals surface area (Å²) in [6.07, 6.45) is 4.69. The highest BCUT2D eigenvalue weighted by molar-refractivity contribution is 5.80. The van der Waals surface area contributed by atoms with E-state index < -0.39 is 18.1 Å². The minimum atomic E-state index is -0.783. The molecule has 3 nitrogen and oxygen atoms in total. The van der Waals surface area contributed by atoms with Crippen LogP contribution in [-0.2, 0) is 9.53 Å². The van der Waals surface area contributed by atoms with Gasteiger partial charge in [0.2, 0.25) is 0 Å². The summed E-state index contributed by atoms with van der Waals surface area (Å²) in [5.41, 5.74) is -0.640. The highest BCUT2D eigenvalue weighted by Crippen LogP contribution is 2.47. The smallest absolute Gasteiger partial charge is 0.313 e. The van der Waals surface area contributed by atoms with Crippen LogP contribution < -0.4 is 0 Å². The summed E-state index contributed by atoms with van der Waals surface area (Å²) in [6, 6.07) is 0. The third-order valence-corrected chi connectivity index (χ3v) is 2.09. The van der Waals surface area contributed by atoms with Crippen molar-refractivity contribution >= 4 is 5.97 Å². The molecule has 0 saturated heterocycles. The first kappa shape index (κ1) is 10.2. The Hall–Kier alpha value is -0.900. The quantitative estimate of drug-likeness (QED) is 0.506. The number of carbonyl (C=O) groups is 1. The van der Waals surface area contributed by atoms with Crippen molar-refractivity contribution in [3.05, 3.63) is 12.2 Å². The monoisotopic (exact) mass is 188 g/mol. The highest BCUT2D eigenvalue weighted by Gasteiger charge is 2.47. The van der Waals surface area contributed by atoms with Crippen LogP contribution in [0.3, 0.4) is 0 Å². The van der Waals surface area contributed by atoms with Gasteiger partial charge in [-0.25, -0.2) is 4.39 Å². The lowest BCUT2D eigenvalue weighted by atomic mass is 10.1. The first-order valence-corrected chi connectivity index (χ1v) is 4.26. The molecule has 1 rings (SSSR count). The molecule has 1 fully saturated rings. The highest BCUT2D eigenvalue weighted by atomic mass is 19.1. The molecule has 74 valence electrons. The molecular weight excluding hydrogens is 175 g/mol. The number of aliphatic carboxylic acids is 1. The maximum absolute atomic E-state index is 11.6. The van der Waals surface area contributed by atoms with Crippen molar-refractivity contribution in [2.75, 3.05) is 19.9 Å². The van der Waals surface area contributed by atoms with Crippen LogP contribution in [0.4, 0.5) is 4.39 Å². The van der Waals surface area contributed by atoms with Crippen LogP contribution >= 0.6 is 0 Å². The molecule has 0 bridgehead atoms. The Labute approximate surface area is 76.2 Å². The van der Waals surface area contributed by atoms with Crippen molar-refractivity contribution in [3.8, 4) is 0 Å². The second kappa shape index (κ2) is 4.37. The van der Waals surface area contributed by atoms with E-state index in [1.54, 1.807) is 12.2 Å². The van der Waals surface area contributed by atoms with E-state index in [1.807, 2.05) is 0 Å². The molecule has 0 spiro atoms. The summed E-state index contributed by atoms with van der Waals surface area (Å²) in [6.45, 7) is -0.138. The third kappa shape index (κ3) is 2.81. The van der Waals surface area contributed by atoms with Crippen LogP contribution in [0, 0.1) is 5.41 Å². The fourth-order valence-electron chi connectivity index (χ4n) is 1.07. The number of ether oxygens (including phenoxy) is 1. The number of carboxylic acid groups (broad SMARTS) is 1. The minimum Gasteiger partial charge on any atom is -0.481 e. The molecule has 4 heteroatoms. The summed E-state index contributed by atoms with van der Waals surface area (Å²) in [5.74, 6) is -0.783. The summed E-state index contributed by atoms with van der Waals surface area (Å²) in [5, 5.41) is 8.75. The lowest BCUT2D eigenvalue weighted by molar-refractivity contribution is -0.141. The van der Waals surface area contributed by atoms with E-state index in [1.165, 1.54) is 0 Å². The van der Waals surface area contributed by atoms with Crippen LogP contribution in [-0.4, -0.2) is 31.0 Å². The molecule has 1 saturated carbocycles. The van der Waals surface area contributed by atoms with Gasteiger partial charge in [-0.3, -0.25) is 4.79 Å². The second-order valence-electron chi connectivity index (χ2n) is 3.13. The molecule has 0 aromatic heterocycles. The van der Waals surface area contributed by atoms with Crippen LogP contribution in [0.1, 0.15) is 12.8 Å². The average molecular weight is 188 g/mol. The Kier molecular flexibility index (Phi) is 3.42. The SMILES string of the molecule is O=C(O)C1(C=CCOCCF)CC1. The lowest BCUT2D eigenvalue weighted by Crippen LogP contribution is -2.11. The summed E-state index contributed by atoms with van der Waals surface area (Å²) >= 11 is 0. The van der Waals surface area contributed by atoms with Crippen molar-refractivity contribution in [1.29, 1.82) is 0 Å². The molecular formula is C9H13FO3. The van der Waals surface area contributed by atoms with Gasteiger partial charge in [0, 0.05) is 0 Å². The molecule has 1 aliphatic carbocycles. The van der Waals surface area contributed by atoms with E-state index in [0.717, 1.165) is 0 Å². The summed E-state index contributed by atoms with van der Waals surface area (Å²) < 4.78 is 16.4. The molecule has 13 heavy (non-hydrogen) atoms. The third-order valence-electron chi connectivity index (χ3n) is 2.09. The zero-order valence-electron chi connectivity index (χ0n) is 7.33. The van der Waals surface area contributed by atoms with Gasteiger partial charge in [0.05, 0.1) is 18.6 Å². The van der Waals surface area contributed by atoms with Crippen LogP contribution in [0.5, 0.6) is 0 Å². The Bertz CT molecular complexity index is 209. The molecule has 0 heterocycles. The molecule has 1 aliphatic rings. The van der Waals surface area contributed by atoms with Crippen molar-refractivity contribution in [2.45, 2.75) is 12.8 Å². The normalized spacial score (nSPS) is 19.2. The summed E-state index contributed by atoms with van der Waals surface area (Å²) in [4.78, 5) is 10.7. The maximum Gasteiger partial charge on any atom is 0.313 e. The number of rotatable bonds is 6. The van der Waals surface area contributed by atoms with Gasteiger partial charge in [-0.15, -0.1) is 0 Å². The molecule has 0 atom stereocenters. The van der Waals surface area contributed by atoms with Crippen molar-refractivity contribution in [2.24, 2.45) is 5.41 Å². The van der Waals surface area contributed by atoms with E-state index in [0.29, 0.717) is 19.4 Å². The van der Waals surface area contributed by atoms with Crippen LogP contribution in [0.2, 0.25) is 0 Å². The van der Waals surface area contributed by atoms with Gasteiger partial charge in [-0.05, 0) is 12.8 Å². The molecule has 0 radical (unpaired) electrons. The predicted molar refractivity (Wildman–Crippen MR) is 45.2 cm³/mol. The molecule has 0 unspecified atom stereocenters. The fourth-order valence-corrected chi connectivity index (χ4v) is 1.07. The molecule has 0 aromatic carbocycles. The van der Waals surface area contributed by atoms with E-state index in [4.69, 9.17) is 9.84 Å². The largest absolute Gasteiger partial charge is 0.481 e. The second-order valence-corrected chi connectivity index (χ2v) is 3.13. The molecule has 0 amide bonds. The van der Waals surface area contributed by atoms with Gasteiger partial charge in [0.15, 0.2) is 0 Å². The van der Waals surface area contributed by atoms with Crippen molar-refractivity contribution in [1.82, 2.24) is 0 Å². The zero-order valence-corrected chi connectivity index (χ0v) is 7.33. The fraction of sp³-hybridized carbons (Fsp3) is 0.667. The molecule has 0 aromatic rings. The Morgan fingerprint density at radius 1 is 1.62 bits per heavy atom. The Morgan fingerprint density at radius 2 is 2.31 bits per heavy atom. The van der Waals surface area contributed by atoms with Gasteiger partial charge < -0.3 is 9.84 Å². The minimum absolute atomic E-state index is 0.0738. The first-order chi connectivity index (χ1) is 6.21. The lowest BCUT2D eigenvalue weighted by Gasteiger charge is -2.01. The predicted octanol–water partition coefficient (Wildman–Crippen LogP) is 1.39. The molecule has 1 N–H and O–H groups in total. The van der Waals surface area contributed by atoms with E-state index in [9.17, 15) is 9.18 Å². The van der Waals surface area contributed by atoms with Gasteiger partial charge >= 0.3 is 5.97 Å². The van der Waals surface area contributed by atoms with Gasteiger partial charge in [0.25, 0.3) is 0 Å². The van der Waals surface area contributed by atoms with E-state index in [2.05, 4.69) is 0 Å². The Balaban J connectivity index is 2.20. The van der Waals surface area contributed by atoms with Crippen molar-refractivity contribution < 1.29 is 19.0 Å². The van der Waals surface area contributed by atoms with E-state index in [-0.39, 0.29) is 6.61 Å². The summed E-state index contributed by atoms with van der Waals surface area (Å²) in [7, 11) is 0. The molecule has 0 aliphatic heterocycles. The van der Waals surface area contributed by atoms with Gasteiger partial charge in [-0.2, -0.15) is 0 Å². The average Bonchev–Trinajstić information content (AvgIpc) is 2.85. The Morgan fingerprint density at radius 3 is 2.77 bits per heavy atom. The number of halogens is 1. The first-order valence-electron chi connectivity index (χ1n) is 4.26. The maximum atomic E-state index is 11.6. The van der Waals surface area contributed by atoms with E-state index >= 15 is 0 Å². The number of hydrogen-bond donors (Lipinski definition) is 1. The van der Waals surface area contributed by atoms with Crippen LogP contribution in [0.15, 0.2) is 12.2 Å². The zero-order chi connectivity index (χ0) is 9.73. The number of hydrogen-bond acceptors (Lipinski definition) is 2. The topological polar surface area (TPSA) is 46.5 Å². The number of carboxylic acids is 1. The number of alkyl halides is 1. The standard InChI is InChI=1S/C9H13FO3/c10-5-7-13-6-1-2-9(3-4-9)8(11)12/h1-2H,3-7H2,(H,11,12). The van der Waals surface area contributed by atoms with Crippen LogP contribution in [0.25, 0.3) is 0 Å². The van der Waals surface area contributed by atoms with Gasteiger partial charge in [0.1, 0.15) is 6.67 Å².